The van der Waals surface area contributed by atoms with Gasteiger partial charge in [-0.15, -0.1) is 0 Å². The quantitative estimate of drug-likeness (QED) is 0.441. The number of cyclic esters (lactones) is 1. The van der Waals surface area contributed by atoms with E-state index in [1.165, 1.54) is 15.9 Å². The Labute approximate surface area is 190 Å². The van der Waals surface area contributed by atoms with Crippen molar-refractivity contribution in [1.82, 2.24) is 0 Å². The highest BCUT2D eigenvalue weighted by atomic mass is 31.2. The van der Waals surface area contributed by atoms with Gasteiger partial charge in [0.05, 0.1) is 12.3 Å². The zero-order valence-corrected chi connectivity index (χ0v) is 19.1. The van der Waals surface area contributed by atoms with E-state index < -0.39 is 13.4 Å². The second-order valence-corrected chi connectivity index (χ2v) is 12.6. The Kier molecular flexibility index (Phi) is 6.13. The Bertz CT molecular complexity index is 941. The molecule has 1 saturated heterocycles. The van der Waals surface area contributed by atoms with Crippen molar-refractivity contribution >= 4 is 29.1 Å². The molecule has 1 N–H and O–H groups in total. The molecule has 2 fully saturated rings. The molecule has 1 aliphatic heterocycles. The summed E-state index contributed by atoms with van der Waals surface area (Å²) in [5, 5.41) is 15.4. The van der Waals surface area contributed by atoms with Gasteiger partial charge in [-0.3, -0.25) is 4.79 Å². The predicted octanol–water partition coefficient (Wildman–Crippen LogP) is 4.07. The SMILES string of the molecule is O=C1CCC[C@H]([C@H]2C[C@@H]2[C@H](O)C[P+](c2ccccc2)(c2ccccc2)c2ccccc2)O1. The standard InChI is InChI=1S/C28H30O3P/c29-26(24-19-25(24)27-17-10-18-28(30)31-27)20-32(21-11-4-1-5-12-21,22-13-6-2-7-14-22)23-15-8-3-9-16-23/h1-9,11-16,24-27,29H,10,17-20H2/q+1/t24-,25-,26+,27+/m0/s1. The molecule has 4 atom stereocenters. The molecule has 0 spiro atoms. The van der Waals surface area contributed by atoms with Crippen LogP contribution in [0.5, 0.6) is 0 Å². The molecule has 1 saturated carbocycles. The van der Waals surface area contributed by atoms with Crippen molar-refractivity contribution in [2.75, 3.05) is 6.16 Å². The molecule has 3 aromatic carbocycles. The van der Waals surface area contributed by atoms with Gasteiger partial charge in [0.2, 0.25) is 0 Å². The summed E-state index contributed by atoms with van der Waals surface area (Å²) in [4.78, 5) is 11.8. The molecule has 3 nitrogen and oxygen atoms in total. The third kappa shape index (κ3) is 4.12. The number of aliphatic hydroxyl groups excluding tert-OH is 1. The number of carbonyl (C=O) groups is 1. The average Bonchev–Trinajstić information content (AvgIpc) is 3.66. The maximum atomic E-state index is 11.8. The molecule has 0 unspecified atom stereocenters. The summed E-state index contributed by atoms with van der Waals surface area (Å²) in [7, 11) is -2.06. The van der Waals surface area contributed by atoms with Crippen LogP contribution in [0.25, 0.3) is 0 Å². The van der Waals surface area contributed by atoms with E-state index in [0.717, 1.165) is 19.3 Å². The lowest BCUT2D eigenvalue weighted by atomic mass is 10.0. The number of aliphatic hydroxyl groups is 1. The Morgan fingerprint density at radius 3 is 1.81 bits per heavy atom. The minimum absolute atomic E-state index is 0.0196. The average molecular weight is 446 g/mol. The summed E-state index contributed by atoms with van der Waals surface area (Å²) in [6.07, 6.45) is 3.54. The third-order valence-corrected chi connectivity index (χ3v) is 11.5. The van der Waals surface area contributed by atoms with Crippen molar-refractivity contribution in [2.24, 2.45) is 11.8 Å². The lowest BCUT2D eigenvalue weighted by Gasteiger charge is -2.30. The first kappa shape index (κ1) is 21.4. The molecule has 4 heteroatoms. The molecule has 0 radical (unpaired) electrons. The van der Waals surface area contributed by atoms with Crippen LogP contribution in [0.3, 0.4) is 0 Å². The first-order valence-electron chi connectivity index (χ1n) is 11.6. The summed E-state index contributed by atoms with van der Waals surface area (Å²) >= 11 is 0. The molecule has 0 bridgehead atoms. The van der Waals surface area contributed by atoms with Crippen LogP contribution in [0.4, 0.5) is 0 Å². The number of hydrogen-bond donors (Lipinski definition) is 1. The van der Waals surface area contributed by atoms with Crippen LogP contribution >= 0.6 is 7.26 Å². The van der Waals surface area contributed by atoms with Gasteiger partial charge in [-0.2, -0.15) is 0 Å². The molecule has 1 heterocycles. The highest BCUT2D eigenvalue weighted by Gasteiger charge is 2.54. The van der Waals surface area contributed by atoms with Gasteiger partial charge in [-0.1, -0.05) is 54.6 Å². The normalized spacial score (nSPS) is 23.9. The lowest BCUT2D eigenvalue weighted by molar-refractivity contribution is -0.155. The summed E-state index contributed by atoms with van der Waals surface area (Å²) in [5.74, 6) is 0.404. The molecular weight excluding hydrogens is 415 g/mol. The van der Waals surface area contributed by atoms with Crippen LogP contribution in [0.1, 0.15) is 25.7 Å². The summed E-state index contributed by atoms with van der Waals surface area (Å²) in [6.45, 7) is 0. The van der Waals surface area contributed by atoms with E-state index in [-0.39, 0.29) is 18.0 Å². The van der Waals surface area contributed by atoms with E-state index in [1.807, 2.05) is 0 Å². The van der Waals surface area contributed by atoms with Gasteiger partial charge in [-0.25, -0.2) is 0 Å². The van der Waals surface area contributed by atoms with Gasteiger partial charge in [0, 0.05) is 12.3 Å². The molecule has 0 aromatic heterocycles. The number of ether oxygens (including phenoxy) is 1. The van der Waals surface area contributed by atoms with E-state index in [0.29, 0.717) is 18.5 Å². The van der Waals surface area contributed by atoms with Gasteiger partial charge in [0.25, 0.3) is 0 Å². The lowest BCUT2D eigenvalue weighted by Crippen LogP contribution is -2.38. The second-order valence-electron chi connectivity index (χ2n) is 9.05. The number of esters is 1. The van der Waals surface area contributed by atoms with Crippen molar-refractivity contribution in [3.63, 3.8) is 0 Å². The summed E-state index contributed by atoms with van der Waals surface area (Å²) < 4.78 is 5.63. The number of rotatable bonds is 7. The Hall–Kier alpha value is -2.48. The first-order chi connectivity index (χ1) is 15.7. The van der Waals surface area contributed by atoms with Gasteiger partial charge in [0.15, 0.2) is 0 Å². The molecule has 5 rings (SSSR count). The monoisotopic (exact) mass is 445 g/mol. The van der Waals surface area contributed by atoms with Gasteiger partial charge >= 0.3 is 5.97 Å². The molecule has 1 aliphatic carbocycles. The predicted molar refractivity (Wildman–Crippen MR) is 131 cm³/mol. The highest BCUT2D eigenvalue weighted by molar-refractivity contribution is 7.95. The largest absolute Gasteiger partial charge is 0.462 e. The molecule has 2 aliphatic rings. The summed E-state index contributed by atoms with van der Waals surface area (Å²) in [5.41, 5.74) is 0. The van der Waals surface area contributed by atoms with Crippen LogP contribution in [0.15, 0.2) is 91.0 Å². The molecule has 3 aromatic rings. The summed E-state index contributed by atoms with van der Waals surface area (Å²) in [6, 6.07) is 32.1. The fraction of sp³-hybridized carbons (Fsp3) is 0.321. The Morgan fingerprint density at radius 2 is 1.34 bits per heavy atom. The van der Waals surface area contributed by atoms with Crippen molar-refractivity contribution in [3.05, 3.63) is 91.0 Å². The molecule has 0 amide bonds. The van der Waals surface area contributed by atoms with E-state index in [1.54, 1.807) is 0 Å². The first-order valence-corrected chi connectivity index (χ1v) is 13.6. The van der Waals surface area contributed by atoms with Crippen molar-refractivity contribution < 1.29 is 14.6 Å². The van der Waals surface area contributed by atoms with Crippen LogP contribution in [-0.4, -0.2) is 29.4 Å². The Morgan fingerprint density at radius 1 is 0.844 bits per heavy atom. The number of carbonyl (C=O) groups excluding carboxylic acids is 1. The van der Waals surface area contributed by atoms with Crippen molar-refractivity contribution in [2.45, 2.75) is 37.9 Å². The maximum Gasteiger partial charge on any atom is 0.306 e. The maximum absolute atomic E-state index is 11.8. The second kappa shape index (κ2) is 9.17. The van der Waals surface area contributed by atoms with Gasteiger partial charge in [0.1, 0.15) is 29.3 Å². The zero-order chi connectivity index (χ0) is 22.0. The van der Waals surface area contributed by atoms with Crippen LogP contribution in [0.2, 0.25) is 0 Å². The van der Waals surface area contributed by atoms with Crippen LogP contribution in [0, 0.1) is 11.8 Å². The minimum atomic E-state index is -2.06. The van der Waals surface area contributed by atoms with Crippen LogP contribution in [-0.2, 0) is 9.53 Å². The third-order valence-electron chi connectivity index (χ3n) is 7.07. The van der Waals surface area contributed by atoms with Crippen molar-refractivity contribution in [3.8, 4) is 0 Å². The molecular formula is C28H30O3P+. The molecule has 164 valence electrons. The van der Waals surface area contributed by atoms with E-state index >= 15 is 0 Å². The van der Waals surface area contributed by atoms with Crippen molar-refractivity contribution in [1.29, 1.82) is 0 Å². The van der Waals surface area contributed by atoms with Crippen LogP contribution < -0.4 is 15.9 Å². The highest BCUT2D eigenvalue weighted by Crippen LogP contribution is 2.59. The topological polar surface area (TPSA) is 46.5 Å². The minimum Gasteiger partial charge on any atom is -0.462 e. The molecule has 32 heavy (non-hydrogen) atoms. The van der Waals surface area contributed by atoms with Gasteiger partial charge in [-0.05, 0) is 61.6 Å². The smallest absolute Gasteiger partial charge is 0.306 e. The fourth-order valence-corrected chi connectivity index (χ4v) is 9.77. The zero-order valence-electron chi connectivity index (χ0n) is 18.2. The Balaban J connectivity index is 1.51. The van der Waals surface area contributed by atoms with E-state index in [2.05, 4.69) is 91.0 Å². The van der Waals surface area contributed by atoms with Gasteiger partial charge < -0.3 is 9.84 Å². The van der Waals surface area contributed by atoms with E-state index in [4.69, 9.17) is 4.74 Å². The number of benzene rings is 3. The van der Waals surface area contributed by atoms with E-state index in [9.17, 15) is 9.90 Å². The fourth-order valence-electron chi connectivity index (χ4n) is 5.37. The number of hydrogen-bond acceptors (Lipinski definition) is 3.